The van der Waals surface area contributed by atoms with E-state index in [1.165, 1.54) is 6.42 Å². The van der Waals surface area contributed by atoms with Crippen molar-refractivity contribution in [2.45, 2.75) is 66.0 Å². The monoisotopic (exact) mass is 283 g/mol. The molecule has 1 aliphatic heterocycles. The van der Waals surface area contributed by atoms with Crippen molar-refractivity contribution in [3.8, 4) is 0 Å². The number of amides is 1. The molecule has 2 atom stereocenters. The lowest BCUT2D eigenvalue weighted by atomic mass is 10.0. The molecule has 20 heavy (non-hydrogen) atoms. The molecule has 0 saturated carbocycles. The molecule has 4 nitrogen and oxygen atoms in total. The van der Waals surface area contributed by atoms with E-state index in [1.807, 2.05) is 4.90 Å². The summed E-state index contributed by atoms with van der Waals surface area (Å²) in [5, 5.41) is 3.36. The molecule has 118 valence electrons. The molecule has 0 aromatic carbocycles. The molecule has 1 aliphatic rings. The van der Waals surface area contributed by atoms with Crippen molar-refractivity contribution in [2.75, 3.05) is 26.3 Å². The number of hydrogen-bond donors (Lipinski definition) is 1. The summed E-state index contributed by atoms with van der Waals surface area (Å²) in [6.07, 6.45) is 3.21. The molecule has 2 unspecified atom stereocenters. The Morgan fingerprint density at radius 1 is 1.30 bits per heavy atom. The van der Waals surface area contributed by atoms with Gasteiger partial charge >= 0.3 is 0 Å². The predicted octanol–water partition coefficient (Wildman–Crippen LogP) is 2.30. The first kappa shape index (κ1) is 17.4. The fourth-order valence-electron chi connectivity index (χ4n) is 2.91. The standard InChI is InChI=1S/C16H33N3O/c1-6-18(7-2)10-8-9-14(5)19-12-17-15(16(19)20)11-13(3)4/h13-15,17H,6-12H2,1-5H3. The Labute approximate surface area is 124 Å². The van der Waals surface area contributed by atoms with E-state index in [-0.39, 0.29) is 6.04 Å². The second-order valence-electron chi connectivity index (χ2n) is 6.37. The van der Waals surface area contributed by atoms with Gasteiger partial charge in [0.25, 0.3) is 0 Å². The summed E-state index contributed by atoms with van der Waals surface area (Å²) in [5.41, 5.74) is 0. The minimum Gasteiger partial charge on any atom is -0.326 e. The average molecular weight is 283 g/mol. The van der Waals surface area contributed by atoms with Crippen LogP contribution in [-0.2, 0) is 4.79 Å². The summed E-state index contributed by atoms with van der Waals surface area (Å²) in [5.74, 6) is 0.864. The number of carbonyl (C=O) groups excluding carboxylic acids is 1. The molecule has 0 radical (unpaired) electrons. The highest BCUT2D eigenvalue weighted by molar-refractivity contribution is 5.84. The largest absolute Gasteiger partial charge is 0.326 e. The maximum atomic E-state index is 12.3. The van der Waals surface area contributed by atoms with Crippen LogP contribution in [0, 0.1) is 5.92 Å². The van der Waals surface area contributed by atoms with E-state index in [2.05, 4.69) is 44.8 Å². The van der Waals surface area contributed by atoms with Crippen molar-refractivity contribution >= 4 is 5.91 Å². The van der Waals surface area contributed by atoms with Crippen LogP contribution in [-0.4, -0.2) is 54.1 Å². The number of nitrogens with one attached hydrogen (secondary N) is 1. The van der Waals surface area contributed by atoms with Crippen molar-refractivity contribution in [3.05, 3.63) is 0 Å². The average Bonchev–Trinajstić information content (AvgIpc) is 2.75. The number of hydrogen-bond acceptors (Lipinski definition) is 3. The molecule has 0 spiro atoms. The summed E-state index contributed by atoms with van der Waals surface area (Å²) in [6.45, 7) is 15.0. The minimum atomic E-state index is 0.0419. The topological polar surface area (TPSA) is 35.6 Å². The van der Waals surface area contributed by atoms with E-state index in [0.29, 0.717) is 17.9 Å². The molecule has 1 saturated heterocycles. The van der Waals surface area contributed by atoms with E-state index in [1.54, 1.807) is 0 Å². The van der Waals surface area contributed by atoms with E-state index in [4.69, 9.17) is 0 Å². The zero-order valence-corrected chi connectivity index (χ0v) is 14.0. The van der Waals surface area contributed by atoms with Gasteiger partial charge in [-0.05, 0) is 51.7 Å². The Morgan fingerprint density at radius 2 is 1.95 bits per heavy atom. The van der Waals surface area contributed by atoms with Crippen molar-refractivity contribution < 1.29 is 4.79 Å². The zero-order valence-electron chi connectivity index (χ0n) is 14.0. The van der Waals surface area contributed by atoms with Gasteiger partial charge in [-0.25, -0.2) is 0 Å². The number of carbonyl (C=O) groups is 1. The van der Waals surface area contributed by atoms with Gasteiger partial charge in [0.2, 0.25) is 5.91 Å². The van der Waals surface area contributed by atoms with E-state index < -0.39 is 0 Å². The molecule has 4 heteroatoms. The molecule has 0 aliphatic carbocycles. The molecule has 1 amide bonds. The van der Waals surface area contributed by atoms with Crippen LogP contribution in [0.15, 0.2) is 0 Å². The molecule has 0 aromatic heterocycles. The highest BCUT2D eigenvalue weighted by Gasteiger charge is 2.33. The fourth-order valence-corrected chi connectivity index (χ4v) is 2.91. The van der Waals surface area contributed by atoms with Gasteiger partial charge in [-0.3, -0.25) is 10.1 Å². The summed E-state index contributed by atoms with van der Waals surface area (Å²) >= 11 is 0. The third kappa shape index (κ3) is 5.06. The highest BCUT2D eigenvalue weighted by Crippen LogP contribution is 2.17. The van der Waals surface area contributed by atoms with E-state index in [0.717, 1.165) is 39.1 Å². The fraction of sp³-hybridized carbons (Fsp3) is 0.938. The van der Waals surface area contributed by atoms with E-state index in [9.17, 15) is 4.79 Å². The van der Waals surface area contributed by atoms with Crippen LogP contribution in [0.1, 0.15) is 53.9 Å². The third-order valence-corrected chi connectivity index (χ3v) is 4.32. The predicted molar refractivity (Wildman–Crippen MR) is 84.6 cm³/mol. The molecular formula is C16H33N3O. The van der Waals surface area contributed by atoms with Crippen molar-refractivity contribution in [3.63, 3.8) is 0 Å². The molecule has 1 heterocycles. The van der Waals surface area contributed by atoms with Crippen molar-refractivity contribution in [2.24, 2.45) is 5.92 Å². The lowest BCUT2D eigenvalue weighted by molar-refractivity contribution is -0.131. The van der Waals surface area contributed by atoms with Crippen molar-refractivity contribution in [1.29, 1.82) is 0 Å². The summed E-state index contributed by atoms with van der Waals surface area (Å²) in [6, 6.07) is 0.392. The summed E-state index contributed by atoms with van der Waals surface area (Å²) in [4.78, 5) is 16.8. The minimum absolute atomic E-state index is 0.0419. The van der Waals surface area contributed by atoms with Gasteiger partial charge in [0.1, 0.15) is 0 Å². The van der Waals surface area contributed by atoms with Crippen LogP contribution in [0.25, 0.3) is 0 Å². The summed E-state index contributed by atoms with van der Waals surface area (Å²) < 4.78 is 0. The Bertz CT molecular complexity index is 289. The van der Waals surface area contributed by atoms with Crippen molar-refractivity contribution in [1.82, 2.24) is 15.1 Å². The molecule has 1 rings (SSSR count). The SMILES string of the molecule is CCN(CC)CCCC(C)N1CNC(CC(C)C)C1=O. The van der Waals surface area contributed by atoms with Gasteiger partial charge in [0, 0.05) is 6.04 Å². The Balaban J connectivity index is 2.33. The second kappa shape index (κ2) is 8.63. The quantitative estimate of drug-likeness (QED) is 0.705. The van der Waals surface area contributed by atoms with Gasteiger partial charge in [0.05, 0.1) is 12.7 Å². The molecule has 1 fully saturated rings. The van der Waals surface area contributed by atoms with Gasteiger partial charge in [-0.1, -0.05) is 27.7 Å². The lowest BCUT2D eigenvalue weighted by Gasteiger charge is -2.25. The normalized spacial score (nSPS) is 21.2. The van der Waals surface area contributed by atoms with Gasteiger partial charge in [0.15, 0.2) is 0 Å². The lowest BCUT2D eigenvalue weighted by Crippen LogP contribution is -2.37. The van der Waals surface area contributed by atoms with Crippen LogP contribution in [0.3, 0.4) is 0 Å². The van der Waals surface area contributed by atoms with Gasteiger partial charge < -0.3 is 9.80 Å². The first-order valence-electron chi connectivity index (χ1n) is 8.25. The third-order valence-electron chi connectivity index (χ3n) is 4.32. The molecular weight excluding hydrogens is 250 g/mol. The molecule has 0 bridgehead atoms. The van der Waals surface area contributed by atoms with Gasteiger partial charge in [-0.15, -0.1) is 0 Å². The summed E-state index contributed by atoms with van der Waals surface area (Å²) in [7, 11) is 0. The first-order chi connectivity index (χ1) is 9.49. The Hall–Kier alpha value is -0.610. The highest BCUT2D eigenvalue weighted by atomic mass is 16.2. The number of rotatable bonds is 9. The first-order valence-corrected chi connectivity index (χ1v) is 8.25. The van der Waals surface area contributed by atoms with E-state index >= 15 is 0 Å². The molecule has 0 aromatic rings. The zero-order chi connectivity index (χ0) is 15.1. The van der Waals surface area contributed by atoms with Gasteiger partial charge in [-0.2, -0.15) is 0 Å². The second-order valence-corrected chi connectivity index (χ2v) is 6.37. The Kier molecular flexibility index (Phi) is 7.52. The number of nitrogens with zero attached hydrogens (tertiary/aromatic N) is 2. The molecule has 1 N–H and O–H groups in total. The maximum absolute atomic E-state index is 12.3. The van der Waals surface area contributed by atoms with Crippen LogP contribution in [0.4, 0.5) is 0 Å². The maximum Gasteiger partial charge on any atom is 0.241 e. The van der Waals surface area contributed by atoms with Crippen LogP contribution in [0.5, 0.6) is 0 Å². The Morgan fingerprint density at radius 3 is 2.50 bits per heavy atom. The smallest absolute Gasteiger partial charge is 0.241 e. The van der Waals surface area contributed by atoms with Crippen LogP contribution < -0.4 is 5.32 Å². The van der Waals surface area contributed by atoms with Crippen LogP contribution in [0.2, 0.25) is 0 Å². The van der Waals surface area contributed by atoms with Crippen LogP contribution >= 0.6 is 0 Å².